The highest BCUT2D eigenvalue weighted by Gasteiger charge is 2.37. The summed E-state index contributed by atoms with van der Waals surface area (Å²) in [6, 6.07) is 12.6. The van der Waals surface area contributed by atoms with Crippen LogP contribution in [0.25, 0.3) is 0 Å². The average Bonchev–Trinajstić information content (AvgIpc) is 2.65. The third-order valence-corrected chi connectivity index (χ3v) is 4.39. The van der Waals surface area contributed by atoms with Gasteiger partial charge in [0.15, 0.2) is 0 Å². The molecule has 1 saturated heterocycles. The van der Waals surface area contributed by atoms with Gasteiger partial charge in [-0.15, -0.1) is 0 Å². The van der Waals surface area contributed by atoms with Crippen molar-refractivity contribution in [2.24, 2.45) is 0 Å². The topological polar surface area (TPSA) is 76.1 Å². The molecule has 28 heavy (non-hydrogen) atoms. The van der Waals surface area contributed by atoms with Crippen molar-refractivity contribution < 1.29 is 28.6 Å². The summed E-state index contributed by atoms with van der Waals surface area (Å²) < 4.78 is 26.0. The Morgan fingerprint density at radius 1 is 1.25 bits per heavy atom. The maximum absolute atomic E-state index is 14.3. The van der Waals surface area contributed by atoms with Crippen molar-refractivity contribution in [2.75, 3.05) is 19.7 Å². The van der Waals surface area contributed by atoms with Gasteiger partial charge in [0.1, 0.15) is 24.3 Å². The zero-order valence-corrected chi connectivity index (χ0v) is 15.7. The molecule has 1 amide bonds. The molecular formula is C21H22FNO5. The van der Waals surface area contributed by atoms with Gasteiger partial charge in [-0.3, -0.25) is 4.79 Å². The maximum atomic E-state index is 14.3. The molecule has 2 aromatic rings. The number of carboxylic acids is 1. The Hall–Kier alpha value is -2.93. The Bertz CT molecular complexity index is 868. The van der Waals surface area contributed by atoms with E-state index >= 15 is 0 Å². The van der Waals surface area contributed by atoms with E-state index in [-0.39, 0.29) is 36.9 Å². The Balaban J connectivity index is 1.73. The van der Waals surface area contributed by atoms with Crippen LogP contribution in [0.3, 0.4) is 0 Å². The van der Waals surface area contributed by atoms with E-state index < -0.39 is 23.3 Å². The minimum absolute atomic E-state index is 0.162. The number of carbonyl (C=O) groups excluding carboxylic acids is 1. The molecule has 1 atom stereocenters. The van der Waals surface area contributed by atoms with Crippen LogP contribution in [0.1, 0.15) is 34.6 Å². The molecule has 1 unspecified atom stereocenters. The second kappa shape index (κ2) is 7.98. The van der Waals surface area contributed by atoms with Gasteiger partial charge in [0.05, 0.1) is 23.3 Å². The van der Waals surface area contributed by atoms with Gasteiger partial charge in [0.25, 0.3) is 5.91 Å². The highest BCUT2D eigenvalue weighted by Crippen LogP contribution is 2.24. The third kappa shape index (κ3) is 4.67. The minimum atomic E-state index is -1.25. The lowest BCUT2D eigenvalue weighted by Crippen LogP contribution is -2.56. The van der Waals surface area contributed by atoms with Gasteiger partial charge < -0.3 is 19.5 Å². The number of amides is 1. The summed E-state index contributed by atoms with van der Waals surface area (Å²) in [6.07, 6.45) is -0.380. The van der Waals surface area contributed by atoms with Crippen LogP contribution in [0.15, 0.2) is 48.5 Å². The molecule has 0 bridgehead atoms. The summed E-state index contributed by atoms with van der Waals surface area (Å²) in [6.45, 7) is 4.48. The van der Waals surface area contributed by atoms with Gasteiger partial charge in [-0.2, -0.15) is 0 Å². The van der Waals surface area contributed by atoms with E-state index in [2.05, 4.69) is 0 Å². The van der Waals surface area contributed by atoms with Gasteiger partial charge in [-0.25, -0.2) is 9.18 Å². The SMILES string of the molecule is CC1(C)CN(C(=O)c2ccc(C(=O)O)cc2F)CC(COc2ccccc2)O1. The van der Waals surface area contributed by atoms with Gasteiger partial charge in [0, 0.05) is 6.54 Å². The highest BCUT2D eigenvalue weighted by molar-refractivity contribution is 5.96. The van der Waals surface area contributed by atoms with Crippen LogP contribution in [-0.4, -0.2) is 53.3 Å². The van der Waals surface area contributed by atoms with Crippen LogP contribution in [0.4, 0.5) is 4.39 Å². The van der Waals surface area contributed by atoms with E-state index in [1.807, 2.05) is 44.2 Å². The van der Waals surface area contributed by atoms with E-state index in [0.29, 0.717) is 5.75 Å². The van der Waals surface area contributed by atoms with Crippen molar-refractivity contribution in [1.82, 2.24) is 4.90 Å². The molecule has 1 aliphatic heterocycles. The summed E-state index contributed by atoms with van der Waals surface area (Å²) in [7, 11) is 0. The largest absolute Gasteiger partial charge is 0.491 e. The molecular weight excluding hydrogens is 365 g/mol. The molecule has 148 valence electrons. The number of aromatic carboxylic acids is 1. The van der Waals surface area contributed by atoms with Gasteiger partial charge >= 0.3 is 5.97 Å². The number of hydrogen-bond acceptors (Lipinski definition) is 4. The lowest BCUT2D eigenvalue weighted by Gasteiger charge is -2.42. The van der Waals surface area contributed by atoms with E-state index in [1.165, 1.54) is 17.0 Å². The molecule has 0 aromatic heterocycles. The molecule has 6 nitrogen and oxygen atoms in total. The second-order valence-corrected chi connectivity index (χ2v) is 7.31. The predicted octanol–water partition coefficient (Wildman–Crippen LogP) is 3.22. The van der Waals surface area contributed by atoms with Gasteiger partial charge in [-0.1, -0.05) is 18.2 Å². The number of carbonyl (C=O) groups is 2. The molecule has 0 saturated carbocycles. The second-order valence-electron chi connectivity index (χ2n) is 7.31. The monoisotopic (exact) mass is 387 g/mol. The number of rotatable bonds is 5. The minimum Gasteiger partial charge on any atom is -0.491 e. The Kier molecular flexibility index (Phi) is 5.65. The van der Waals surface area contributed by atoms with E-state index in [4.69, 9.17) is 14.6 Å². The number of carboxylic acid groups (broad SMARTS) is 1. The molecule has 1 aliphatic rings. The van der Waals surface area contributed by atoms with Crippen LogP contribution in [0, 0.1) is 5.82 Å². The highest BCUT2D eigenvalue weighted by atomic mass is 19.1. The van der Waals surface area contributed by atoms with Crippen molar-refractivity contribution in [3.8, 4) is 5.75 Å². The lowest BCUT2D eigenvalue weighted by molar-refractivity contribution is -0.136. The summed E-state index contributed by atoms with van der Waals surface area (Å²) >= 11 is 0. The maximum Gasteiger partial charge on any atom is 0.335 e. The van der Waals surface area contributed by atoms with Crippen molar-refractivity contribution in [2.45, 2.75) is 25.6 Å². The third-order valence-electron chi connectivity index (χ3n) is 4.39. The number of nitrogens with zero attached hydrogens (tertiary/aromatic N) is 1. The molecule has 1 heterocycles. The predicted molar refractivity (Wildman–Crippen MR) is 100 cm³/mol. The number of benzene rings is 2. The standard InChI is InChI=1S/C21H22FNO5/c1-21(2)13-23(11-16(28-21)12-27-15-6-4-3-5-7-15)19(24)17-9-8-14(20(25)26)10-18(17)22/h3-10,16H,11-13H2,1-2H3,(H,25,26). The Labute approximate surface area is 162 Å². The fraction of sp³-hybridized carbons (Fsp3) is 0.333. The zero-order valence-electron chi connectivity index (χ0n) is 15.7. The van der Waals surface area contributed by atoms with E-state index in [0.717, 1.165) is 6.07 Å². The van der Waals surface area contributed by atoms with Crippen molar-refractivity contribution in [3.05, 3.63) is 65.5 Å². The van der Waals surface area contributed by atoms with Crippen LogP contribution in [0.2, 0.25) is 0 Å². The average molecular weight is 387 g/mol. The molecule has 2 aromatic carbocycles. The molecule has 3 rings (SSSR count). The first-order valence-corrected chi connectivity index (χ1v) is 8.93. The number of morpholine rings is 1. The van der Waals surface area contributed by atoms with E-state index in [1.54, 1.807) is 0 Å². The molecule has 1 N–H and O–H groups in total. The Morgan fingerprint density at radius 3 is 2.61 bits per heavy atom. The molecule has 0 radical (unpaired) electrons. The quantitative estimate of drug-likeness (QED) is 0.853. The number of halogens is 1. The first-order valence-electron chi connectivity index (χ1n) is 8.93. The first kappa shape index (κ1) is 19.8. The molecule has 0 spiro atoms. The molecule has 0 aliphatic carbocycles. The van der Waals surface area contributed by atoms with Crippen LogP contribution >= 0.6 is 0 Å². The van der Waals surface area contributed by atoms with Gasteiger partial charge in [0.2, 0.25) is 0 Å². The number of hydrogen-bond donors (Lipinski definition) is 1. The normalized spacial score (nSPS) is 18.5. The first-order chi connectivity index (χ1) is 13.2. The molecule has 7 heteroatoms. The Morgan fingerprint density at radius 2 is 1.96 bits per heavy atom. The van der Waals surface area contributed by atoms with Crippen LogP contribution in [0.5, 0.6) is 5.75 Å². The van der Waals surface area contributed by atoms with Crippen molar-refractivity contribution in [1.29, 1.82) is 0 Å². The van der Waals surface area contributed by atoms with Crippen LogP contribution < -0.4 is 4.74 Å². The summed E-state index contributed by atoms with van der Waals surface area (Å²) in [5, 5.41) is 8.95. The smallest absolute Gasteiger partial charge is 0.335 e. The fourth-order valence-electron chi connectivity index (χ4n) is 3.23. The number of para-hydroxylation sites is 1. The summed E-state index contributed by atoms with van der Waals surface area (Å²) in [4.78, 5) is 25.3. The lowest BCUT2D eigenvalue weighted by atomic mass is 10.0. The van der Waals surface area contributed by atoms with Crippen LogP contribution in [-0.2, 0) is 4.74 Å². The van der Waals surface area contributed by atoms with E-state index in [9.17, 15) is 14.0 Å². The molecule has 1 fully saturated rings. The van der Waals surface area contributed by atoms with Crippen molar-refractivity contribution in [3.63, 3.8) is 0 Å². The number of ether oxygens (including phenoxy) is 2. The zero-order chi connectivity index (χ0) is 20.3. The summed E-state index contributed by atoms with van der Waals surface area (Å²) in [5.74, 6) is -1.91. The fourth-order valence-corrected chi connectivity index (χ4v) is 3.23. The van der Waals surface area contributed by atoms with Crippen molar-refractivity contribution >= 4 is 11.9 Å². The summed E-state index contributed by atoms with van der Waals surface area (Å²) in [5.41, 5.74) is -0.994. The van der Waals surface area contributed by atoms with Gasteiger partial charge in [-0.05, 0) is 44.2 Å².